The molecule has 2 saturated heterocycles. The Morgan fingerprint density at radius 1 is 1.39 bits per heavy atom. The molecule has 120 valence electrons. The molecule has 1 aromatic carbocycles. The van der Waals surface area contributed by atoms with Gasteiger partial charge >= 0.3 is 5.97 Å². The molecule has 3 aliphatic heterocycles. The lowest BCUT2D eigenvalue weighted by atomic mass is 9.77. The van der Waals surface area contributed by atoms with Gasteiger partial charge in [-0.05, 0) is 26.0 Å². The number of benzene rings is 1. The van der Waals surface area contributed by atoms with Crippen LogP contribution in [0.25, 0.3) is 0 Å². The number of hydrogen-bond donors (Lipinski definition) is 0. The van der Waals surface area contributed by atoms with Gasteiger partial charge in [-0.1, -0.05) is 29.8 Å². The number of nitrogens with zero attached hydrogens (tertiary/aromatic N) is 1. The summed E-state index contributed by atoms with van der Waals surface area (Å²) in [5, 5.41) is 0. The van der Waals surface area contributed by atoms with E-state index in [1.807, 2.05) is 43.3 Å². The lowest BCUT2D eigenvalue weighted by Crippen LogP contribution is -2.40. The first-order valence-electron chi connectivity index (χ1n) is 7.97. The van der Waals surface area contributed by atoms with Gasteiger partial charge in [0.1, 0.15) is 11.5 Å². The highest BCUT2D eigenvalue weighted by molar-refractivity contribution is 6.02. The lowest BCUT2D eigenvalue weighted by Gasteiger charge is -2.22. The van der Waals surface area contributed by atoms with Gasteiger partial charge in [0.25, 0.3) is 0 Å². The number of carbonyl (C=O) groups excluding carboxylic acids is 2. The average Bonchev–Trinajstić information content (AvgIpc) is 3.17. The van der Waals surface area contributed by atoms with E-state index in [1.165, 1.54) is 0 Å². The summed E-state index contributed by atoms with van der Waals surface area (Å²) in [6.45, 7) is 4.53. The topological polar surface area (TPSA) is 55.8 Å². The van der Waals surface area contributed by atoms with Crippen LogP contribution in [0.5, 0.6) is 0 Å². The van der Waals surface area contributed by atoms with Crippen molar-refractivity contribution >= 4 is 17.6 Å². The summed E-state index contributed by atoms with van der Waals surface area (Å²) >= 11 is 0. The van der Waals surface area contributed by atoms with E-state index in [1.54, 1.807) is 11.8 Å². The molecule has 5 nitrogen and oxygen atoms in total. The molecule has 0 saturated carbocycles. The van der Waals surface area contributed by atoms with E-state index in [0.717, 1.165) is 11.3 Å². The Morgan fingerprint density at radius 2 is 2.13 bits per heavy atom. The van der Waals surface area contributed by atoms with Crippen molar-refractivity contribution in [2.75, 3.05) is 18.1 Å². The highest BCUT2D eigenvalue weighted by atomic mass is 16.6. The van der Waals surface area contributed by atoms with Gasteiger partial charge in [0, 0.05) is 5.69 Å². The molecule has 1 spiro atoms. The highest BCUT2D eigenvalue weighted by Gasteiger charge is 2.67. The SMILES string of the molecule is CCOC(=O)[C@@H]1[C@@H]2C=C[C@@]3(CN(c4ccc(C)cc4)C(=O)[C@H]13)O2. The largest absolute Gasteiger partial charge is 0.466 e. The quantitative estimate of drug-likeness (QED) is 0.631. The summed E-state index contributed by atoms with van der Waals surface area (Å²) in [5.41, 5.74) is 1.29. The van der Waals surface area contributed by atoms with E-state index in [9.17, 15) is 9.59 Å². The monoisotopic (exact) mass is 313 g/mol. The summed E-state index contributed by atoms with van der Waals surface area (Å²) in [6.07, 6.45) is 3.50. The summed E-state index contributed by atoms with van der Waals surface area (Å²) in [5.74, 6) is -1.42. The smallest absolute Gasteiger partial charge is 0.312 e. The van der Waals surface area contributed by atoms with Crippen molar-refractivity contribution in [1.82, 2.24) is 0 Å². The predicted octanol–water partition coefficient (Wildman–Crippen LogP) is 1.84. The molecular formula is C18H19NO4. The zero-order valence-electron chi connectivity index (χ0n) is 13.2. The number of anilines is 1. The molecular weight excluding hydrogens is 294 g/mol. The first kappa shape index (κ1) is 14.5. The molecule has 0 N–H and O–H groups in total. The maximum Gasteiger partial charge on any atom is 0.312 e. The number of carbonyl (C=O) groups is 2. The van der Waals surface area contributed by atoms with Crippen molar-refractivity contribution in [3.8, 4) is 0 Å². The number of esters is 1. The molecule has 0 unspecified atom stereocenters. The third-order valence-corrected chi connectivity index (χ3v) is 5.00. The molecule has 1 amide bonds. The number of aryl methyl sites for hydroxylation is 1. The maximum atomic E-state index is 13.0. The third kappa shape index (κ3) is 1.96. The standard InChI is InChI=1S/C18H19NO4/c1-3-22-17(21)14-13-8-9-18(23-13)10-19(16(20)15(14)18)12-6-4-11(2)5-7-12/h4-9,13-15H,3,10H2,1-2H3/t13-,14+,15-,18-/m0/s1. The molecule has 0 aliphatic carbocycles. The molecule has 3 heterocycles. The summed E-state index contributed by atoms with van der Waals surface area (Å²) in [4.78, 5) is 27.0. The second-order valence-electron chi connectivity index (χ2n) is 6.41. The zero-order valence-corrected chi connectivity index (χ0v) is 13.2. The van der Waals surface area contributed by atoms with E-state index < -0.39 is 17.4 Å². The molecule has 23 heavy (non-hydrogen) atoms. The number of amides is 1. The molecule has 5 heteroatoms. The van der Waals surface area contributed by atoms with Gasteiger partial charge in [-0.3, -0.25) is 9.59 Å². The second kappa shape index (κ2) is 4.93. The molecule has 1 aromatic rings. The Balaban J connectivity index is 1.68. The minimum Gasteiger partial charge on any atom is -0.466 e. The first-order chi connectivity index (χ1) is 11.1. The predicted molar refractivity (Wildman–Crippen MR) is 83.9 cm³/mol. The molecule has 2 fully saturated rings. The maximum absolute atomic E-state index is 13.0. The van der Waals surface area contributed by atoms with E-state index in [-0.39, 0.29) is 18.0 Å². The number of rotatable bonds is 3. The van der Waals surface area contributed by atoms with Crippen LogP contribution in [0.1, 0.15) is 12.5 Å². The van der Waals surface area contributed by atoms with Crippen LogP contribution < -0.4 is 4.90 Å². The van der Waals surface area contributed by atoms with Crippen molar-refractivity contribution in [2.45, 2.75) is 25.6 Å². The van der Waals surface area contributed by atoms with Crippen molar-refractivity contribution < 1.29 is 19.1 Å². The van der Waals surface area contributed by atoms with Gasteiger partial charge < -0.3 is 14.4 Å². The molecule has 4 atom stereocenters. The number of ether oxygens (including phenoxy) is 2. The van der Waals surface area contributed by atoms with Crippen molar-refractivity contribution in [1.29, 1.82) is 0 Å². The molecule has 4 rings (SSSR count). The van der Waals surface area contributed by atoms with E-state index >= 15 is 0 Å². The molecule has 2 bridgehead atoms. The fourth-order valence-corrected chi connectivity index (χ4v) is 3.95. The number of hydrogen-bond acceptors (Lipinski definition) is 4. The Hall–Kier alpha value is -2.14. The Kier molecular flexibility index (Phi) is 3.10. The fourth-order valence-electron chi connectivity index (χ4n) is 3.95. The summed E-state index contributed by atoms with van der Waals surface area (Å²) in [7, 11) is 0. The highest BCUT2D eigenvalue weighted by Crippen LogP contribution is 2.52. The fraction of sp³-hybridized carbons (Fsp3) is 0.444. The molecule has 3 aliphatic rings. The van der Waals surface area contributed by atoms with Gasteiger partial charge in [-0.2, -0.15) is 0 Å². The van der Waals surface area contributed by atoms with Gasteiger partial charge in [-0.15, -0.1) is 0 Å². The van der Waals surface area contributed by atoms with Gasteiger partial charge in [0.2, 0.25) is 5.91 Å². The van der Waals surface area contributed by atoms with Gasteiger partial charge in [0.15, 0.2) is 0 Å². The normalized spacial score (nSPS) is 34.1. The second-order valence-corrected chi connectivity index (χ2v) is 6.41. The van der Waals surface area contributed by atoms with Crippen LogP contribution in [0, 0.1) is 18.8 Å². The van der Waals surface area contributed by atoms with Gasteiger partial charge in [-0.25, -0.2) is 0 Å². The Bertz CT molecular complexity index is 695. The van der Waals surface area contributed by atoms with E-state index in [4.69, 9.17) is 9.47 Å². The van der Waals surface area contributed by atoms with Crippen LogP contribution in [0.3, 0.4) is 0 Å². The lowest BCUT2D eigenvalue weighted by molar-refractivity contribution is -0.151. The minimum atomic E-state index is -0.690. The van der Waals surface area contributed by atoms with Crippen molar-refractivity contribution in [3.63, 3.8) is 0 Å². The van der Waals surface area contributed by atoms with E-state index in [0.29, 0.717) is 13.2 Å². The van der Waals surface area contributed by atoms with Crippen LogP contribution >= 0.6 is 0 Å². The number of fused-ring (bicyclic) bond motifs is 1. The summed E-state index contributed by atoms with van der Waals surface area (Å²) < 4.78 is 11.2. The van der Waals surface area contributed by atoms with Crippen LogP contribution in [0.15, 0.2) is 36.4 Å². The van der Waals surface area contributed by atoms with Crippen LogP contribution in [0.4, 0.5) is 5.69 Å². The first-order valence-corrected chi connectivity index (χ1v) is 7.97. The minimum absolute atomic E-state index is 0.0567. The van der Waals surface area contributed by atoms with Crippen molar-refractivity contribution in [2.24, 2.45) is 11.8 Å². The Labute approximate surface area is 134 Å². The molecule has 0 radical (unpaired) electrons. The third-order valence-electron chi connectivity index (χ3n) is 5.00. The summed E-state index contributed by atoms with van der Waals surface area (Å²) in [6, 6.07) is 7.82. The van der Waals surface area contributed by atoms with Crippen LogP contribution in [-0.2, 0) is 19.1 Å². The van der Waals surface area contributed by atoms with Gasteiger partial charge in [0.05, 0.1) is 25.2 Å². The Morgan fingerprint density at radius 3 is 2.83 bits per heavy atom. The zero-order chi connectivity index (χ0) is 16.2. The van der Waals surface area contributed by atoms with Crippen LogP contribution in [-0.4, -0.2) is 36.7 Å². The van der Waals surface area contributed by atoms with Crippen LogP contribution in [0.2, 0.25) is 0 Å². The molecule has 0 aromatic heterocycles. The van der Waals surface area contributed by atoms with Crippen molar-refractivity contribution in [3.05, 3.63) is 42.0 Å². The van der Waals surface area contributed by atoms with E-state index in [2.05, 4.69) is 0 Å². The average molecular weight is 313 g/mol.